The summed E-state index contributed by atoms with van der Waals surface area (Å²) in [6, 6.07) is -3.12. The van der Waals surface area contributed by atoms with Gasteiger partial charge in [-0.2, -0.15) is 0 Å². The van der Waals surface area contributed by atoms with E-state index < -0.39 is 47.2 Å². The van der Waals surface area contributed by atoms with Crippen molar-refractivity contribution in [3.8, 4) is 0 Å². The molecule has 1 saturated carbocycles. The zero-order valence-corrected chi connectivity index (χ0v) is 20.8. The molecule has 10 nitrogen and oxygen atoms in total. The van der Waals surface area contributed by atoms with Crippen LogP contribution in [-0.4, -0.2) is 65.7 Å². The molecule has 1 aliphatic carbocycles. The van der Waals surface area contributed by atoms with Gasteiger partial charge < -0.3 is 26.6 Å². The average molecular weight is 466 g/mol. The van der Waals surface area contributed by atoms with Crippen molar-refractivity contribution >= 4 is 29.5 Å². The van der Waals surface area contributed by atoms with Gasteiger partial charge >= 0.3 is 6.03 Å². The van der Waals surface area contributed by atoms with Gasteiger partial charge in [0.15, 0.2) is 0 Å². The van der Waals surface area contributed by atoms with Crippen molar-refractivity contribution < 1.29 is 24.0 Å². The molecule has 0 aromatic carbocycles. The lowest BCUT2D eigenvalue weighted by Gasteiger charge is -2.37. The van der Waals surface area contributed by atoms with Crippen molar-refractivity contribution in [2.45, 2.75) is 79.4 Å². The van der Waals surface area contributed by atoms with E-state index in [-0.39, 0.29) is 29.6 Å². The van der Waals surface area contributed by atoms with Crippen LogP contribution >= 0.6 is 0 Å². The molecule has 0 radical (unpaired) electrons. The van der Waals surface area contributed by atoms with E-state index in [1.54, 1.807) is 6.92 Å². The third-order valence-electron chi connectivity index (χ3n) is 6.94. The Kier molecular flexibility index (Phi) is 7.81. The van der Waals surface area contributed by atoms with Crippen LogP contribution in [0.5, 0.6) is 0 Å². The first-order valence-electron chi connectivity index (χ1n) is 11.7. The fraction of sp³-hybridized carbons (Fsp3) is 0.783. The van der Waals surface area contributed by atoms with Gasteiger partial charge in [-0.3, -0.25) is 19.2 Å². The highest BCUT2D eigenvalue weighted by atomic mass is 16.2. The summed E-state index contributed by atoms with van der Waals surface area (Å²) in [6.45, 7) is 14.1. The maximum atomic E-state index is 13.6. The molecular formula is C23H39N5O5. The summed E-state index contributed by atoms with van der Waals surface area (Å²) >= 11 is 0. The molecule has 0 aromatic heterocycles. The number of Topliss-reactive ketones (excluding diaryl/α,β-unsaturated/α-hetero) is 1. The van der Waals surface area contributed by atoms with Gasteiger partial charge in [0.1, 0.15) is 12.1 Å². The van der Waals surface area contributed by atoms with Crippen molar-refractivity contribution in [2.24, 2.45) is 28.4 Å². The summed E-state index contributed by atoms with van der Waals surface area (Å²) in [7, 11) is 0. The number of nitrogens with zero attached hydrogens (tertiary/aromatic N) is 1. The molecule has 1 heterocycles. The SMILES string of the molecule is CCCC(NC(=O)[C@@H]1[C@@H]2[C@H](CN1C(=O)[C@@H](NC(=O)NCC)C(C)(C)C)C2(C)C)C(=O)C(N)=O. The van der Waals surface area contributed by atoms with Crippen molar-refractivity contribution in [3.05, 3.63) is 0 Å². The highest BCUT2D eigenvalue weighted by Crippen LogP contribution is 2.65. The number of urea groups is 1. The minimum atomic E-state index is -1.10. The predicted octanol–water partition coefficient (Wildman–Crippen LogP) is 0.543. The highest BCUT2D eigenvalue weighted by molar-refractivity contribution is 6.37. The summed E-state index contributed by atoms with van der Waals surface area (Å²) in [6.07, 6.45) is 0.840. The van der Waals surface area contributed by atoms with Gasteiger partial charge in [-0.1, -0.05) is 48.0 Å². The number of piperidine rings is 1. The van der Waals surface area contributed by atoms with Gasteiger partial charge in [-0.05, 0) is 36.0 Å². The van der Waals surface area contributed by atoms with Crippen LogP contribution in [0.1, 0.15) is 61.3 Å². The van der Waals surface area contributed by atoms with E-state index in [1.165, 1.54) is 4.90 Å². The van der Waals surface area contributed by atoms with Crippen molar-refractivity contribution in [1.29, 1.82) is 0 Å². The Morgan fingerprint density at radius 1 is 1.09 bits per heavy atom. The quantitative estimate of drug-likeness (QED) is 0.367. The minimum absolute atomic E-state index is 0.0718. The molecule has 5 atom stereocenters. The number of hydrogen-bond acceptors (Lipinski definition) is 5. The van der Waals surface area contributed by atoms with Crippen LogP contribution in [0.2, 0.25) is 0 Å². The second kappa shape index (κ2) is 9.69. The lowest BCUT2D eigenvalue weighted by atomic mass is 9.85. The second-order valence-corrected chi connectivity index (χ2v) is 10.8. The summed E-state index contributed by atoms with van der Waals surface area (Å²) < 4.78 is 0. The van der Waals surface area contributed by atoms with Crippen LogP contribution in [0.3, 0.4) is 0 Å². The molecule has 1 saturated heterocycles. The normalized spacial score (nSPS) is 24.8. The molecular weight excluding hydrogens is 426 g/mol. The summed E-state index contributed by atoms with van der Waals surface area (Å²) in [5.41, 5.74) is 4.43. The molecule has 0 aromatic rings. The standard InChI is InChI=1S/C23H39N5O5/c1-8-10-13(16(29)18(24)30)26-19(31)15-14-12(23(14,6)7)11-28(15)20(32)17(22(3,4)5)27-21(33)25-9-2/h12-15,17H,8-11H2,1-7H3,(H2,24,30)(H,26,31)(H2,25,27,33)/t12-,13?,14-,15-,17+/m0/s1. The Hall–Kier alpha value is -2.65. The average Bonchev–Trinajstić information content (AvgIpc) is 3.03. The van der Waals surface area contributed by atoms with Crippen molar-refractivity contribution in [1.82, 2.24) is 20.9 Å². The van der Waals surface area contributed by atoms with Crippen LogP contribution < -0.4 is 21.7 Å². The van der Waals surface area contributed by atoms with Gasteiger partial charge in [0.05, 0.1) is 6.04 Å². The number of amides is 5. The number of carbonyl (C=O) groups excluding carboxylic acids is 5. The molecule has 5 amide bonds. The molecule has 33 heavy (non-hydrogen) atoms. The van der Waals surface area contributed by atoms with E-state index in [4.69, 9.17) is 5.73 Å². The molecule has 0 spiro atoms. The zero-order chi connectivity index (χ0) is 25.3. The Morgan fingerprint density at radius 3 is 2.18 bits per heavy atom. The van der Waals surface area contributed by atoms with Gasteiger partial charge in [-0.25, -0.2) is 4.79 Å². The molecule has 0 bridgehead atoms. The van der Waals surface area contributed by atoms with E-state index in [0.29, 0.717) is 19.5 Å². The van der Waals surface area contributed by atoms with E-state index in [0.717, 1.165) is 0 Å². The molecule has 186 valence electrons. The van der Waals surface area contributed by atoms with Crippen LogP contribution in [0.4, 0.5) is 4.79 Å². The number of rotatable bonds is 9. The molecule has 1 unspecified atom stereocenters. The zero-order valence-electron chi connectivity index (χ0n) is 20.8. The smallest absolute Gasteiger partial charge is 0.315 e. The van der Waals surface area contributed by atoms with Gasteiger partial charge in [0, 0.05) is 13.1 Å². The number of ketones is 1. The predicted molar refractivity (Wildman–Crippen MR) is 123 cm³/mol. The lowest BCUT2D eigenvalue weighted by Crippen LogP contribution is -2.61. The van der Waals surface area contributed by atoms with E-state index in [9.17, 15) is 24.0 Å². The van der Waals surface area contributed by atoms with Crippen LogP contribution in [0.15, 0.2) is 0 Å². The third kappa shape index (κ3) is 5.47. The first-order chi connectivity index (χ1) is 15.2. The van der Waals surface area contributed by atoms with Gasteiger partial charge in [0.25, 0.3) is 5.91 Å². The molecule has 2 rings (SSSR count). The number of primary amides is 1. The number of likely N-dealkylation sites (tertiary alicyclic amines) is 1. The Balaban J connectivity index is 2.31. The molecule has 10 heteroatoms. The van der Waals surface area contributed by atoms with Crippen molar-refractivity contribution in [2.75, 3.05) is 13.1 Å². The monoisotopic (exact) mass is 465 g/mol. The summed E-state index contributed by atoms with van der Waals surface area (Å²) in [5.74, 6) is -2.70. The molecule has 2 fully saturated rings. The van der Waals surface area contributed by atoms with Crippen LogP contribution in [-0.2, 0) is 19.2 Å². The molecule has 2 aliphatic rings. The van der Waals surface area contributed by atoms with Gasteiger partial charge in [-0.15, -0.1) is 0 Å². The number of nitrogens with two attached hydrogens (primary N) is 1. The largest absolute Gasteiger partial charge is 0.363 e. The number of carbonyl (C=O) groups is 5. The number of fused-ring (bicyclic) bond motifs is 1. The van der Waals surface area contributed by atoms with Crippen LogP contribution in [0.25, 0.3) is 0 Å². The summed E-state index contributed by atoms with van der Waals surface area (Å²) in [4.78, 5) is 64.4. The fourth-order valence-corrected chi connectivity index (χ4v) is 4.96. The highest BCUT2D eigenvalue weighted by Gasteiger charge is 2.69. The maximum Gasteiger partial charge on any atom is 0.315 e. The van der Waals surface area contributed by atoms with E-state index >= 15 is 0 Å². The summed E-state index contributed by atoms with van der Waals surface area (Å²) in [5, 5.41) is 8.07. The third-order valence-corrected chi connectivity index (χ3v) is 6.94. The Labute approximate surface area is 195 Å². The minimum Gasteiger partial charge on any atom is -0.363 e. The Morgan fingerprint density at radius 2 is 1.70 bits per heavy atom. The fourth-order valence-electron chi connectivity index (χ4n) is 4.96. The second-order valence-electron chi connectivity index (χ2n) is 10.8. The maximum absolute atomic E-state index is 13.6. The van der Waals surface area contributed by atoms with E-state index in [1.807, 2.05) is 27.7 Å². The first kappa shape index (κ1) is 26.6. The van der Waals surface area contributed by atoms with Crippen molar-refractivity contribution in [3.63, 3.8) is 0 Å². The van der Waals surface area contributed by atoms with Crippen LogP contribution in [0, 0.1) is 22.7 Å². The van der Waals surface area contributed by atoms with Gasteiger partial charge in [0.2, 0.25) is 17.6 Å². The topological polar surface area (TPSA) is 151 Å². The lowest BCUT2D eigenvalue weighted by molar-refractivity contribution is -0.145. The van der Waals surface area contributed by atoms with E-state index in [2.05, 4.69) is 29.8 Å². The Bertz CT molecular complexity index is 819. The number of hydrogen-bond donors (Lipinski definition) is 4. The molecule has 1 aliphatic heterocycles. The molecule has 5 N–H and O–H groups in total. The number of nitrogens with one attached hydrogen (secondary N) is 3. The first-order valence-corrected chi connectivity index (χ1v) is 11.7.